The summed E-state index contributed by atoms with van der Waals surface area (Å²) >= 11 is 0. The van der Waals surface area contributed by atoms with Crippen LogP contribution in [0.25, 0.3) is 0 Å². The molecule has 2 unspecified atom stereocenters. The number of rotatable bonds is 9. The van der Waals surface area contributed by atoms with Crippen molar-refractivity contribution in [2.75, 3.05) is 0 Å². The normalized spacial score (nSPS) is 15.4. The van der Waals surface area contributed by atoms with E-state index in [4.69, 9.17) is 0 Å². The van der Waals surface area contributed by atoms with Gasteiger partial charge in [0.1, 0.15) is 0 Å². The van der Waals surface area contributed by atoms with Gasteiger partial charge in [0.15, 0.2) is 0 Å². The third-order valence-electron chi connectivity index (χ3n) is 3.10. The van der Waals surface area contributed by atoms with Crippen LogP contribution in [-0.4, -0.2) is 0 Å². The van der Waals surface area contributed by atoms with Crippen LogP contribution in [0.5, 0.6) is 0 Å². The Kier molecular flexibility index (Phi) is 9.55. The van der Waals surface area contributed by atoms with E-state index in [9.17, 15) is 0 Å². The zero-order valence-corrected chi connectivity index (χ0v) is 10.5. The van der Waals surface area contributed by atoms with E-state index < -0.39 is 0 Å². The van der Waals surface area contributed by atoms with Crippen LogP contribution in [0, 0.1) is 18.8 Å². The van der Waals surface area contributed by atoms with E-state index in [1.807, 2.05) is 0 Å². The summed E-state index contributed by atoms with van der Waals surface area (Å²) in [6.45, 7) is 11.0. The lowest BCUT2D eigenvalue weighted by Crippen LogP contribution is -2.02. The molecule has 0 aliphatic heterocycles. The zero-order chi connectivity index (χ0) is 10.8. The molecule has 0 fully saturated rings. The molecule has 0 saturated carbocycles. The summed E-state index contributed by atoms with van der Waals surface area (Å²) in [6, 6.07) is 0. The summed E-state index contributed by atoms with van der Waals surface area (Å²) in [6.07, 6.45) is 11.0. The van der Waals surface area contributed by atoms with Crippen molar-refractivity contribution in [2.45, 2.75) is 72.1 Å². The van der Waals surface area contributed by atoms with E-state index >= 15 is 0 Å². The lowest BCUT2D eigenvalue weighted by molar-refractivity contribution is 0.382. The van der Waals surface area contributed by atoms with Crippen LogP contribution in [0.2, 0.25) is 0 Å². The first kappa shape index (κ1) is 14.0. The number of unbranched alkanes of at least 4 members (excludes halogenated alkanes) is 4. The molecule has 0 amide bonds. The van der Waals surface area contributed by atoms with Crippen LogP contribution >= 0.6 is 0 Å². The highest BCUT2D eigenvalue weighted by Crippen LogP contribution is 2.20. The van der Waals surface area contributed by atoms with Crippen LogP contribution in [-0.2, 0) is 0 Å². The molecule has 0 heterocycles. The van der Waals surface area contributed by atoms with Crippen LogP contribution in [0.1, 0.15) is 72.1 Å². The van der Waals surface area contributed by atoms with Gasteiger partial charge in [-0.3, -0.25) is 0 Å². The first-order valence-corrected chi connectivity index (χ1v) is 6.49. The molecule has 0 rings (SSSR count). The second kappa shape index (κ2) is 9.55. The Morgan fingerprint density at radius 3 is 2.14 bits per heavy atom. The summed E-state index contributed by atoms with van der Waals surface area (Å²) in [7, 11) is 0. The first-order chi connectivity index (χ1) is 6.70. The molecule has 1 radical (unpaired) electrons. The molecule has 14 heavy (non-hydrogen) atoms. The Morgan fingerprint density at radius 1 is 0.929 bits per heavy atom. The van der Waals surface area contributed by atoms with Crippen molar-refractivity contribution in [3.8, 4) is 0 Å². The third kappa shape index (κ3) is 8.59. The SMILES string of the molecule is [CH2]CC(C)CC(C)CCCCCCC. The second-order valence-electron chi connectivity index (χ2n) is 4.94. The minimum Gasteiger partial charge on any atom is -0.0654 e. The zero-order valence-electron chi connectivity index (χ0n) is 10.5. The molecule has 0 aromatic rings. The Balaban J connectivity index is 3.22. The fourth-order valence-corrected chi connectivity index (χ4v) is 2.02. The van der Waals surface area contributed by atoms with E-state index in [1.54, 1.807) is 0 Å². The lowest BCUT2D eigenvalue weighted by atomic mass is 9.91. The minimum absolute atomic E-state index is 0.820. The summed E-state index contributed by atoms with van der Waals surface area (Å²) < 4.78 is 0. The average Bonchev–Trinajstić information content (AvgIpc) is 2.17. The highest BCUT2D eigenvalue weighted by atomic mass is 14.1. The molecular formula is C14H29. The summed E-state index contributed by atoms with van der Waals surface area (Å²) in [5.74, 6) is 1.73. The minimum atomic E-state index is 0.820. The monoisotopic (exact) mass is 197 g/mol. The second-order valence-corrected chi connectivity index (χ2v) is 4.94. The Labute approximate surface area is 91.5 Å². The van der Waals surface area contributed by atoms with E-state index in [1.165, 1.54) is 44.9 Å². The molecule has 0 aliphatic rings. The molecule has 0 saturated heterocycles. The third-order valence-corrected chi connectivity index (χ3v) is 3.10. The smallest absolute Gasteiger partial charge is 0.0440 e. The van der Waals surface area contributed by atoms with Gasteiger partial charge in [0.05, 0.1) is 0 Å². The van der Waals surface area contributed by atoms with E-state index in [0.717, 1.165) is 18.3 Å². The molecule has 0 aromatic carbocycles. The van der Waals surface area contributed by atoms with E-state index in [0.29, 0.717) is 0 Å². The lowest BCUT2D eigenvalue weighted by Gasteiger charge is -2.15. The van der Waals surface area contributed by atoms with Crippen LogP contribution in [0.15, 0.2) is 0 Å². The standard InChI is InChI=1S/C14H29/c1-5-7-8-9-10-11-14(4)12-13(3)6-2/h13-14H,2,5-12H2,1,3-4H3. The van der Waals surface area contributed by atoms with Crippen molar-refractivity contribution >= 4 is 0 Å². The van der Waals surface area contributed by atoms with Crippen LogP contribution < -0.4 is 0 Å². The highest BCUT2D eigenvalue weighted by Gasteiger charge is 2.06. The highest BCUT2D eigenvalue weighted by molar-refractivity contribution is 4.61. The maximum absolute atomic E-state index is 3.96. The topological polar surface area (TPSA) is 0 Å². The van der Waals surface area contributed by atoms with Gasteiger partial charge in [0.25, 0.3) is 0 Å². The molecule has 0 nitrogen and oxygen atoms in total. The molecule has 0 N–H and O–H groups in total. The Hall–Kier alpha value is 0. The van der Waals surface area contributed by atoms with Gasteiger partial charge in [-0.05, 0) is 18.3 Å². The molecule has 2 atom stereocenters. The fourth-order valence-electron chi connectivity index (χ4n) is 2.02. The van der Waals surface area contributed by atoms with Crippen LogP contribution in [0.4, 0.5) is 0 Å². The summed E-state index contributed by atoms with van der Waals surface area (Å²) in [5.41, 5.74) is 0. The van der Waals surface area contributed by atoms with Gasteiger partial charge in [0.2, 0.25) is 0 Å². The van der Waals surface area contributed by atoms with Crippen molar-refractivity contribution < 1.29 is 0 Å². The predicted octanol–water partition coefficient (Wildman–Crippen LogP) is 5.23. The molecule has 0 aliphatic carbocycles. The maximum Gasteiger partial charge on any atom is -0.0440 e. The van der Waals surface area contributed by atoms with Crippen molar-refractivity contribution in [2.24, 2.45) is 11.8 Å². The number of hydrogen-bond donors (Lipinski definition) is 0. The largest absolute Gasteiger partial charge is 0.0654 e. The summed E-state index contributed by atoms with van der Waals surface area (Å²) in [5, 5.41) is 0. The van der Waals surface area contributed by atoms with Gasteiger partial charge < -0.3 is 0 Å². The van der Waals surface area contributed by atoms with E-state index in [2.05, 4.69) is 27.7 Å². The fraction of sp³-hybridized carbons (Fsp3) is 0.929. The van der Waals surface area contributed by atoms with Crippen LogP contribution in [0.3, 0.4) is 0 Å². The van der Waals surface area contributed by atoms with Gasteiger partial charge in [-0.1, -0.05) is 72.6 Å². The van der Waals surface area contributed by atoms with Crippen molar-refractivity contribution in [1.29, 1.82) is 0 Å². The Morgan fingerprint density at radius 2 is 1.57 bits per heavy atom. The van der Waals surface area contributed by atoms with Gasteiger partial charge in [-0.2, -0.15) is 0 Å². The van der Waals surface area contributed by atoms with Crippen molar-refractivity contribution in [1.82, 2.24) is 0 Å². The predicted molar refractivity (Wildman–Crippen MR) is 66.3 cm³/mol. The van der Waals surface area contributed by atoms with Gasteiger partial charge in [0, 0.05) is 0 Å². The maximum atomic E-state index is 3.96. The molecule has 0 heteroatoms. The number of hydrogen-bond acceptors (Lipinski definition) is 0. The van der Waals surface area contributed by atoms with Gasteiger partial charge in [-0.15, -0.1) is 0 Å². The molecule has 0 aromatic heterocycles. The van der Waals surface area contributed by atoms with Crippen molar-refractivity contribution in [3.05, 3.63) is 6.92 Å². The van der Waals surface area contributed by atoms with Crippen molar-refractivity contribution in [3.63, 3.8) is 0 Å². The molecule has 85 valence electrons. The quantitative estimate of drug-likeness (QED) is 0.444. The van der Waals surface area contributed by atoms with Gasteiger partial charge in [-0.25, -0.2) is 0 Å². The first-order valence-electron chi connectivity index (χ1n) is 6.49. The van der Waals surface area contributed by atoms with Gasteiger partial charge >= 0.3 is 0 Å². The average molecular weight is 197 g/mol. The molecule has 0 bridgehead atoms. The summed E-state index contributed by atoms with van der Waals surface area (Å²) in [4.78, 5) is 0. The van der Waals surface area contributed by atoms with E-state index in [-0.39, 0.29) is 0 Å². The molecule has 0 spiro atoms. The molecular weight excluding hydrogens is 168 g/mol. The Bertz CT molecular complexity index is 107.